The van der Waals surface area contributed by atoms with Gasteiger partial charge in [-0.1, -0.05) is 36.4 Å². The molecule has 8 heteroatoms. The van der Waals surface area contributed by atoms with Crippen molar-refractivity contribution >= 4 is 23.9 Å². The summed E-state index contributed by atoms with van der Waals surface area (Å²) in [6.07, 6.45) is 0.0295. The molecule has 0 saturated heterocycles. The Bertz CT molecular complexity index is 928. The smallest absolute Gasteiger partial charge is 0.309 e. The first-order chi connectivity index (χ1) is 15.3. The minimum Gasteiger partial charge on any atom is -0.469 e. The Kier molecular flexibility index (Phi) is 8.95. The van der Waals surface area contributed by atoms with E-state index >= 15 is 0 Å². The second kappa shape index (κ2) is 11.6. The molecule has 0 aromatic heterocycles. The van der Waals surface area contributed by atoms with Crippen molar-refractivity contribution in [1.82, 2.24) is 0 Å². The molecule has 0 aliphatic heterocycles. The summed E-state index contributed by atoms with van der Waals surface area (Å²) in [5.41, 5.74) is 4.12. The molecular weight excluding hydrogens is 416 g/mol. The molecule has 0 heterocycles. The van der Waals surface area contributed by atoms with Gasteiger partial charge >= 0.3 is 23.9 Å². The van der Waals surface area contributed by atoms with Crippen molar-refractivity contribution in [3.63, 3.8) is 0 Å². The van der Waals surface area contributed by atoms with Crippen molar-refractivity contribution in [2.24, 2.45) is 0 Å². The molecule has 0 spiro atoms. The fourth-order valence-electron chi connectivity index (χ4n) is 3.20. The number of rotatable bonds is 9. The van der Waals surface area contributed by atoms with Gasteiger partial charge in [0.05, 0.1) is 54.1 Å². The number of hydrogen-bond acceptors (Lipinski definition) is 8. The van der Waals surface area contributed by atoms with Crippen LogP contribution in [-0.4, -0.2) is 52.3 Å². The molecule has 0 N–H and O–H groups in total. The van der Waals surface area contributed by atoms with Gasteiger partial charge in [0.15, 0.2) is 0 Å². The van der Waals surface area contributed by atoms with Crippen molar-refractivity contribution in [3.8, 4) is 11.1 Å². The fraction of sp³-hybridized carbons (Fsp3) is 0.333. The summed E-state index contributed by atoms with van der Waals surface area (Å²) >= 11 is 0. The largest absolute Gasteiger partial charge is 0.469 e. The monoisotopic (exact) mass is 442 g/mol. The van der Waals surface area contributed by atoms with Gasteiger partial charge in [-0.25, -0.2) is 0 Å². The van der Waals surface area contributed by atoms with Crippen molar-refractivity contribution < 1.29 is 38.1 Å². The highest BCUT2D eigenvalue weighted by atomic mass is 16.5. The summed E-state index contributed by atoms with van der Waals surface area (Å²) in [7, 11) is 5.20. The van der Waals surface area contributed by atoms with Crippen molar-refractivity contribution in [1.29, 1.82) is 0 Å². The molecule has 2 rings (SSSR count). The molecule has 0 unspecified atom stereocenters. The van der Waals surface area contributed by atoms with Gasteiger partial charge in [-0.3, -0.25) is 19.2 Å². The summed E-state index contributed by atoms with van der Waals surface area (Å²) in [5, 5.41) is 0. The van der Waals surface area contributed by atoms with E-state index in [9.17, 15) is 19.2 Å². The Morgan fingerprint density at radius 2 is 0.781 bits per heavy atom. The predicted molar refractivity (Wildman–Crippen MR) is 115 cm³/mol. The Hall–Kier alpha value is -3.68. The minimum atomic E-state index is -0.437. The normalized spacial score (nSPS) is 10.2. The van der Waals surface area contributed by atoms with E-state index in [-0.39, 0.29) is 25.7 Å². The summed E-state index contributed by atoms with van der Waals surface area (Å²) in [4.78, 5) is 47.3. The fourth-order valence-corrected chi connectivity index (χ4v) is 3.20. The molecule has 8 nitrogen and oxygen atoms in total. The Morgan fingerprint density at radius 1 is 0.500 bits per heavy atom. The van der Waals surface area contributed by atoms with Gasteiger partial charge in [0.25, 0.3) is 0 Å². The van der Waals surface area contributed by atoms with Crippen molar-refractivity contribution in [3.05, 3.63) is 58.7 Å². The molecule has 32 heavy (non-hydrogen) atoms. The molecule has 0 atom stereocenters. The van der Waals surface area contributed by atoms with E-state index in [0.717, 1.165) is 11.1 Å². The lowest BCUT2D eigenvalue weighted by Crippen LogP contribution is -2.12. The molecule has 2 aromatic rings. The van der Waals surface area contributed by atoms with Gasteiger partial charge in [0.1, 0.15) is 0 Å². The van der Waals surface area contributed by atoms with E-state index in [1.54, 1.807) is 24.3 Å². The van der Waals surface area contributed by atoms with Crippen LogP contribution in [0.3, 0.4) is 0 Å². The molecule has 0 bridgehead atoms. The molecule has 0 saturated carbocycles. The maximum Gasteiger partial charge on any atom is 0.309 e. The highest BCUT2D eigenvalue weighted by Gasteiger charge is 2.16. The van der Waals surface area contributed by atoms with Crippen LogP contribution in [0.2, 0.25) is 0 Å². The van der Waals surface area contributed by atoms with E-state index < -0.39 is 23.9 Å². The maximum atomic E-state index is 11.9. The van der Waals surface area contributed by atoms with Gasteiger partial charge in [-0.2, -0.15) is 0 Å². The van der Waals surface area contributed by atoms with Crippen LogP contribution in [0.5, 0.6) is 0 Å². The molecule has 2 aromatic carbocycles. The lowest BCUT2D eigenvalue weighted by Gasteiger charge is -2.14. The van der Waals surface area contributed by atoms with E-state index in [1.807, 2.05) is 12.1 Å². The number of ether oxygens (including phenoxy) is 4. The third-order valence-corrected chi connectivity index (χ3v) is 5.00. The summed E-state index contributed by atoms with van der Waals surface area (Å²) in [6, 6.07) is 10.7. The molecular formula is C24H26O8. The van der Waals surface area contributed by atoms with Gasteiger partial charge < -0.3 is 18.9 Å². The van der Waals surface area contributed by atoms with Gasteiger partial charge in [-0.15, -0.1) is 0 Å². The van der Waals surface area contributed by atoms with Gasteiger partial charge in [0.2, 0.25) is 0 Å². The second-order valence-electron chi connectivity index (χ2n) is 6.98. The zero-order chi connectivity index (χ0) is 23.7. The third-order valence-electron chi connectivity index (χ3n) is 5.00. The topological polar surface area (TPSA) is 105 Å². The van der Waals surface area contributed by atoms with Crippen LogP contribution in [0.1, 0.15) is 22.3 Å². The molecule has 0 aliphatic carbocycles. The standard InChI is InChI=1S/C24H26O8/c1-29-21(25)11-17-7-5-15(9-19(17)13-23(27)31-3)16-6-8-18(12-22(26)30-2)20(10-16)14-24(28)32-4/h5-10H,11-14H2,1-4H3. The van der Waals surface area contributed by atoms with Gasteiger partial charge in [-0.05, 0) is 33.4 Å². The first-order valence-electron chi connectivity index (χ1n) is 9.82. The average Bonchev–Trinajstić information content (AvgIpc) is 2.80. The van der Waals surface area contributed by atoms with E-state index in [4.69, 9.17) is 18.9 Å². The number of methoxy groups -OCH3 is 4. The number of hydrogen-bond donors (Lipinski definition) is 0. The van der Waals surface area contributed by atoms with Gasteiger partial charge in [0, 0.05) is 0 Å². The second-order valence-corrected chi connectivity index (χ2v) is 6.98. The van der Waals surface area contributed by atoms with Crippen molar-refractivity contribution in [2.45, 2.75) is 25.7 Å². The molecule has 0 amide bonds. The van der Waals surface area contributed by atoms with E-state index in [2.05, 4.69) is 0 Å². The van der Waals surface area contributed by atoms with Crippen LogP contribution in [0.25, 0.3) is 11.1 Å². The maximum absolute atomic E-state index is 11.9. The van der Waals surface area contributed by atoms with Crippen LogP contribution in [0.15, 0.2) is 36.4 Å². The first kappa shape index (κ1) is 24.6. The number of carbonyl (C=O) groups excluding carboxylic acids is 4. The van der Waals surface area contributed by atoms with E-state index in [0.29, 0.717) is 22.3 Å². The highest BCUT2D eigenvalue weighted by Crippen LogP contribution is 2.27. The van der Waals surface area contributed by atoms with Crippen LogP contribution in [-0.2, 0) is 63.8 Å². The zero-order valence-electron chi connectivity index (χ0n) is 18.6. The molecule has 0 aliphatic rings. The molecule has 0 radical (unpaired) electrons. The Balaban J connectivity index is 2.49. The van der Waals surface area contributed by atoms with Crippen molar-refractivity contribution in [2.75, 3.05) is 28.4 Å². The first-order valence-corrected chi connectivity index (χ1v) is 9.82. The minimum absolute atomic E-state index is 0.00783. The zero-order valence-corrected chi connectivity index (χ0v) is 18.6. The number of benzene rings is 2. The lowest BCUT2D eigenvalue weighted by atomic mass is 9.92. The number of carbonyl (C=O) groups is 4. The van der Waals surface area contributed by atoms with Crippen LogP contribution in [0.4, 0.5) is 0 Å². The quantitative estimate of drug-likeness (QED) is 0.430. The summed E-state index contributed by atoms with van der Waals surface area (Å²) in [6.45, 7) is 0. The van der Waals surface area contributed by atoms with Crippen LogP contribution < -0.4 is 0 Å². The molecule has 0 fully saturated rings. The Labute approximate surface area is 186 Å². The average molecular weight is 442 g/mol. The summed E-state index contributed by atoms with van der Waals surface area (Å²) < 4.78 is 19.0. The molecule has 170 valence electrons. The lowest BCUT2D eigenvalue weighted by molar-refractivity contribution is -0.141. The number of esters is 4. The third kappa shape index (κ3) is 6.66. The SMILES string of the molecule is COC(=O)Cc1ccc(-c2ccc(CC(=O)OC)c(CC(=O)OC)c2)cc1CC(=O)OC. The highest BCUT2D eigenvalue weighted by molar-refractivity contribution is 5.80. The van der Waals surface area contributed by atoms with Crippen LogP contribution in [0, 0.1) is 0 Å². The predicted octanol–water partition coefficient (Wildman–Crippen LogP) is 2.22. The van der Waals surface area contributed by atoms with E-state index in [1.165, 1.54) is 28.4 Å². The summed E-state index contributed by atoms with van der Waals surface area (Å²) in [5.74, 6) is -1.71. The Morgan fingerprint density at radius 3 is 1.06 bits per heavy atom. The van der Waals surface area contributed by atoms with Crippen LogP contribution >= 0.6 is 0 Å².